The van der Waals surface area contributed by atoms with Crippen molar-refractivity contribution in [3.63, 3.8) is 0 Å². The Hall–Kier alpha value is -1.42. The van der Waals surface area contributed by atoms with Crippen molar-refractivity contribution in [2.75, 3.05) is 6.54 Å². The predicted molar refractivity (Wildman–Crippen MR) is 62.3 cm³/mol. The van der Waals surface area contributed by atoms with Gasteiger partial charge in [-0.25, -0.2) is 0 Å². The Labute approximate surface area is 94.7 Å². The number of pyridine rings is 1. The van der Waals surface area contributed by atoms with Crippen LogP contribution >= 0.6 is 0 Å². The molecule has 0 radical (unpaired) electrons. The van der Waals surface area contributed by atoms with Crippen molar-refractivity contribution in [1.29, 1.82) is 0 Å². The summed E-state index contributed by atoms with van der Waals surface area (Å²) in [5.41, 5.74) is 2.17. The van der Waals surface area contributed by atoms with Crippen LogP contribution in [-0.4, -0.2) is 21.1 Å². The average molecular weight is 216 g/mol. The van der Waals surface area contributed by atoms with Gasteiger partial charge in [0.05, 0.1) is 6.04 Å². The highest BCUT2D eigenvalue weighted by molar-refractivity contribution is 5.41. The third kappa shape index (κ3) is 1.59. The third-order valence-electron chi connectivity index (χ3n) is 3.21. The van der Waals surface area contributed by atoms with Crippen molar-refractivity contribution in [3.8, 4) is 0 Å². The monoisotopic (exact) mass is 216 g/mol. The topological polar surface area (TPSA) is 42.2 Å². The highest BCUT2D eigenvalue weighted by atomic mass is 15.3. The van der Waals surface area contributed by atoms with Crippen molar-refractivity contribution >= 4 is 5.65 Å². The van der Waals surface area contributed by atoms with Gasteiger partial charge in [0.2, 0.25) is 0 Å². The van der Waals surface area contributed by atoms with Crippen LogP contribution in [0.1, 0.15) is 36.7 Å². The van der Waals surface area contributed by atoms with E-state index in [2.05, 4.69) is 45.2 Å². The molecule has 1 unspecified atom stereocenters. The van der Waals surface area contributed by atoms with Crippen LogP contribution in [0.25, 0.3) is 5.65 Å². The van der Waals surface area contributed by atoms with Gasteiger partial charge in [-0.1, -0.05) is 6.42 Å². The van der Waals surface area contributed by atoms with Gasteiger partial charge in [-0.2, -0.15) is 0 Å². The summed E-state index contributed by atoms with van der Waals surface area (Å²) in [6.07, 6.45) is 5.77. The molecule has 1 fully saturated rings. The van der Waals surface area contributed by atoms with E-state index in [1.807, 2.05) is 0 Å². The number of hydrogen-bond acceptors (Lipinski definition) is 3. The first kappa shape index (κ1) is 9.78. The van der Waals surface area contributed by atoms with Crippen molar-refractivity contribution < 1.29 is 0 Å². The average Bonchev–Trinajstić information content (AvgIpc) is 2.73. The molecule has 4 heteroatoms. The maximum atomic E-state index is 4.31. The minimum absolute atomic E-state index is 0.367. The molecular weight excluding hydrogens is 200 g/mol. The minimum Gasteiger partial charge on any atom is -0.307 e. The highest BCUT2D eigenvalue weighted by Crippen LogP contribution is 2.21. The maximum absolute atomic E-state index is 4.31. The molecule has 0 aliphatic carbocycles. The van der Waals surface area contributed by atoms with Crippen LogP contribution in [0.3, 0.4) is 0 Å². The Balaban J connectivity index is 2.03. The molecule has 1 aliphatic heterocycles. The first-order valence-electron chi connectivity index (χ1n) is 5.89. The van der Waals surface area contributed by atoms with Gasteiger partial charge < -0.3 is 5.32 Å². The van der Waals surface area contributed by atoms with E-state index in [0.717, 1.165) is 24.4 Å². The molecule has 1 aliphatic rings. The first-order chi connectivity index (χ1) is 7.84. The van der Waals surface area contributed by atoms with Crippen LogP contribution < -0.4 is 5.32 Å². The number of hydrogen-bond donors (Lipinski definition) is 1. The number of rotatable bonds is 1. The zero-order valence-electron chi connectivity index (χ0n) is 9.48. The van der Waals surface area contributed by atoms with Crippen LogP contribution in [0.5, 0.6) is 0 Å². The number of aryl methyl sites for hydroxylation is 1. The van der Waals surface area contributed by atoms with Gasteiger partial charge in [-0.05, 0) is 44.0 Å². The fourth-order valence-electron chi connectivity index (χ4n) is 2.32. The molecule has 3 rings (SSSR count). The summed E-state index contributed by atoms with van der Waals surface area (Å²) >= 11 is 0. The Kier molecular flexibility index (Phi) is 2.36. The number of nitrogens with zero attached hydrogens (tertiary/aromatic N) is 3. The molecule has 3 heterocycles. The Morgan fingerprint density at radius 3 is 3.12 bits per heavy atom. The van der Waals surface area contributed by atoms with Gasteiger partial charge in [-0.3, -0.25) is 4.40 Å². The molecule has 84 valence electrons. The number of fused-ring (bicyclic) bond motifs is 1. The van der Waals surface area contributed by atoms with E-state index in [0.29, 0.717) is 6.04 Å². The van der Waals surface area contributed by atoms with E-state index in [9.17, 15) is 0 Å². The molecule has 4 nitrogen and oxygen atoms in total. The lowest BCUT2D eigenvalue weighted by molar-refractivity contribution is 0.395. The van der Waals surface area contributed by atoms with Crippen LogP contribution in [-0.2, 0) is 0 Å². The summed E-state index contributed by atoms with van der Waals surface area (Å²) in [4.78, 5) is 0. The number of piperidine rings is 1. The van der Waals surface area contributed by atoms with Gasteiger partial charge in [0.25, 0.3) is 0 Å². The van der Waals surface area contributed by atoms with Crippen molar-refractivity contribution in [2.45, 2.75) is 32.2 Å². The number of aromatic nitrogens is 3. The Morgan fingerprint density at radius 2 is 2.31 bits per heavy atom. The fraction of sp³-hybridized carbons (Fsp3) is 0.500. The van der Waals surface area contributed by atoms with E-state index >= 15 is 0 Å². The zero-order chi connectivity index (χ0) is 11.0. The number of nitrogens with one attached hydrogen (secondary N) is 1. The lowest BCUT2D eigenvalue weighted by Crippen LogP contribution is -2.28. The summed E-state index contributed by atoms with van der Waals surface area (Å²) in [6, 6.07) is 4.54. The molecule has 0 aromatic carbocycles. The van der Waals surface area contributed by atoms with Crippen molar-refractivity contribution in [1.82, 2.24) is 19.9 Å². The van der Waals surface area contributed by atoms with Crippen LogP contribution in [0.4, 0.5) is 0 Å². The molecule has 2 aromatic rings. The van der Waals surface area contributed by atoms with Crippen LogP contribution in [0.15, 0.2) is 18.3 Å². The molecule has 16 heavy (non-hydrogen) atoms. The molecule has 0 bridgehead atoms. The smallest absolute Gasteiger partial charge is 0.161 e. The predicted octanol–water partition coefficient (Wildman–Crippen LogP) is 1.85. The summed E-state index contributed by atoms with van der Waals surface area (Å²) in [6.45, 7) is 3.17. The maximum Gasteiger partial charge on any atom is 0.161 e. The Morgan fingerprint density at radius 1 is 1.38 bits per heavy atom. The lowest BCUT2D eigenvalue weighted by atomic mass is 10.0. The summed E-state index contributed by atoms with van der Waals surface area (Å²) in [5, 5.41) is 12.0. The second-order valence-corrected chi connectivity index (χ2v) is 4.49. The molecule has 0 amide bonds. The molecule has 1 N–H and O–H groups in total. The van der Waals surface area contributed by atoms with Gasteiger partial charge in [0, 0.05) is 6.20 Å². The molecule has 2 aromatic heterocycles. The van der Waals surface area contributed by atoms with E-state index in [1.54, 1.807) is 0 Å². The van der Waals surface area contributed by atoms with Gasteiger partial charge in [0.15, 0.2) is 11.5 Å². The van der Waals surface area contributed by atoms with E-state index < -0.39 is 0 Å². The van der Waals surface area contributed by atoms with Crippen LogP contribution in [0, 0.1) is 6.92 Å². The fourth-order valence-corrected chi connectivity index (χ4v) is 2.32. The SMILES string of the molecule is Cc1ccn2c(C3CCCCN3)nnc2c1. The minimum atomic E-state index is 0.367. The highest BCUT2D eigenvalue weighted by Gasteiger charge is 2.19. The second-order valence-electron chi connectivity index (χ2n) is 4.49. The standard InChI is InChI=1S/C12H16N4/c1-9-5-7-16-11(8-9)14-15-12(16)10-4-2-3-6-13-10/h5,7-8,10,13H,2-4,6H2,1H3. The van der Waals surface area contributed by atoms with Gasteiger partial charge >= 0.3 is 0 Å². The molecular formula is C12H16N4. The van der Waals surface area contributed by atoms with E-state index in [-0.39, 0.29) is 0 Å². The third-order valence-corrected chi connectivity index (χ3v) is 3.21. The summed E-state index contributed by atoms with van der Waals surface area (Å²) < 4.78 is 2.09. The van der Waals surface area contributed by atoms with E-state index in [4.69, 9.17) is 0 Å². The van der Waals surface area contributed by atoms with Gasteiger partial charge in [-0.15, -0.1) is 10.2 Å². The zero-order valence-corrected chi connectivity index (χ0v) is 9.48. The summed E-state index contributed by atoms with van der Waals surface area (Å²) in [7, 11) is 0. The quantitative estimate of drug-likeness (QED) is 0.791. The Bertz CT molecular complexity index is 497. The molecule has 0 saturated carbocycles. The normalized spacial score (nSPS) is 21.4. The van der Waals surface area contributed by atoms with E-state index in [1.165, 1.54) is 18.4 Å². The first-order valence-corrected chi connectivity index (χ1v) is 5.89. The summed E-state index contributed by atoms with van der Waals surface area (Å²) in [5.74, 6) is 1.05. The van der Waals surface area contributed by atoms with Crippen molar-refractivity contribution in [2.24, 2.45) is 0 Å². The van der Waals surface area contributed by atoms with Gasteiger partial charge in [0.1, 0.15) is 0 Å². The van der Waals surface area contributed by atoms with Crippen LogP contribution in [0.2, 0.25) is 0 Å². The molecule has 1 saturated heterocycles. The second kappa shape index (κ2) is 3.87. The van der Waals surface area contributed by atoms with Crippen molar-refractivity contribution in [3.05, 3.63) is 29.7 Å². The lowest BCUT2D eigenvalue weighted by Gasteiger charge is -2.21. The molecule has 1 atom stereocenters. The molecule has 0 spiro atoms. The largest absolute Gasteiger partial charge is 0.307 e.